The molecule has 1 unspecified atom stereocenters. The maximum absolute atomic E-state index is 13.3. The molecule has 2 aromatic rings. The minimum Gasteiger partial charge on any atom is -0.489 e. The first kappa shape index (κ1) is 18.3. The van der Waals surface area contributed by atoms with Crippen LogP contribution in [0.15, 0.2) is 30.6 Å². The summed E-state index contributed by atoms with van der Waals surface area (Å²) in [5.41, 5.74) is 0.903. The van der Waals surface area contributed by atoms with E-state index in [0.29, 0.717) is 60.8 Å². The van der Waals surface area contributed by atoms with E-state index < -0.39 is 0 Å². The maximum Gasteiger partial charge on any atom is 0.325 e. The predicted molar refractivity (Wildman–Crippen MR) is 105 cm³/mol. The lowest BCUT2D eigenvalue weighted by Gasteiger charge is -2.41. The minimum atomic E-state index is -0.150. The molecule has 0 radical (unpaired) electrons. The first-order chi connectivity index (χ1) is 13.6. The molecular formula is C19H19ClN6O2. The zero-order chi connectivity index (χ0) is 19.7. The molecule has 0 spiro atoms. The quantitative estimate of drug-likeness (QED) is 0.733. The molecule has 1 aromatic heterocycles. The van der Waals surface area contributed by atoms with E-state index in [4.69, 9.17) is 16.3 Å². The summed E-state index contributed by atoms with van der Waals surface area (Å²) in [4.78, 5) is 27.4. The lowest BCUT2D eigenvalue weighted by Crippen LogP contribution is -2.56. The number of aromatic nitrogens is 2. The molecule has 0 saturated carbocycles. The normalized spacial score (nSPS) is 18.9. The van der Waals surface area contributed by atoms with E-state index in [1.165, 1.54) is 0 Å². The standard InChI is InChI=1S/C19H19ClN6O2/c1-13-12-28-17-10-15(20)14(11-21)9-16(17)26(13)19(27)25-7-5-24(6-8-25)18-22-3-2-4-23-18/h2-4,9-10,13H,5-8,12H2,1H3. The number of halogens is 1. The molecule has 2 aliphatic rings. The fourth-order valence-corrected chi connectivity index (χ4v) is 3.65. The fraction of sp³-hybridized carbons (Fsp3) is 0.368. The van der Waals surface area contributed by atoms with Crippen LogP contribution in [0.25, 0.3) is 0 Å². The van der Waals surface area contributed by atoms with Gasteiger partial charge in [0, 0.05) is 44.6 Å². The number of anilines is 2. The van der Waals surface area contributed by atoms with Crippen molar-refractivity contribution in [3.05, 3.63) is 41.2 Å². The Labute approximate surface area is 167 Å². The van der Waals surface area contributed by atoms with E-state index in [2.05, 4.69) is 20.9 Å². The van der Waals surface area contributed by atoms with Gasteiger partial charge in [-0.1, -0.05) is 11.6 Å². The van der Waals surface area contributed by atoms with Crippen LogP contribution in [0, 0.1) is 11.3 Å². The molecule has 28 heavy (non-hydrogen) atoms. The Morgan fingerprint density at radius 1 is 1.25 bits per heavy atom. The number of carbonyl (C=O) groups excluding carboxylic acids is 1. The maximum atomic E-state index is 13.3. The van der Waals surface area contributed by atoms with Gasteiger partial charge in [-0.3, -0.25) is 4.90 Å². The predicted octanol–water partition coefficient (Wildman–Crippen LogP) is 2.53. The minimum absolute atomic E-state index is 0.100. The third kappa shape index (κ3) is 3.29. The van der Waals surface area contributed by atoms with Gasteiger partial charge in [-0.2, -0.15) is 5.26 Å². The molecule has 1 fully saturated rings. The van der Waals surface area contributed by atoms with Gasteiger partial charge in [-0.15, -0.1) is 0 Å². The van der Waals surface area contributed by atoms with Crippen LogP contribution in [0.5, 0.6) is 5.75 Å². The number of ether oxygens (including phenoxy) is 1. The molecule has 144 valence electrons. The van der Waals surface area contributed by atoms with Crippen LogP contribution in [0.3, 0.4) is 0 Å². The average molecular weight is 399 g/mol. The van der Waals surface area contributed by atoms with E-state index in [9.17, 15) is 10.1 Å². The van der Waals surface area contributed by atoms with Gasteiger partial charge in [0.25, 0.3) is 0 Å². The zero-order valence-corrected chi connectivity index (χ0v) is 16.1. The molecule has 0 aliphatic carbocycles. The monoisotopic (exact) mass is 398 g/mol. The van der Waals surface area contributed by atoms with Crippen LogP contribution in [0.1, 0.15) is 12.5 Å². The number of carbonyl (C=O) groups is 1. The van der Waals surface area contributed by atoms with Crippen molar-refractivity contribution in [3.8, 4) is 11.8 Å². The summed E-state index contributed by atoms with van der Waals surface area (Å²) < 4.78 is 5.73. The molecule has 9 heteroatoms. The van der Waals surface area contributed by atoms with Crippen molar-refractivity contribution >= 4 is 29.3 Å². The summed E-state index contributed by atoms with van der Waals surface area (Å²) in [5, 5.41) is 9.61. The Bertz CT molecular complexity index is 924. The average Bonchev–Trinajstić information content (AvgIpc) is 2.74. The first-order valence-corrected chi connectivity index (χ1v) is 9.43. The van der Waals surface area contributed by atoms with Gasteiger partial charge < -0.3 is 14.5 Å². The highest BCUT2D eigenvalue weighted by molar-refractivity contribution is 6.32. The van der Waals surface area contributed by atoms with E-state index in [1.807, 2.05) is 11.8 Å². The van der Waals surface area contributed by atoms with Crippen LogP contribution < -0.4 is 14.5 Å². The van der Waals surface area contributed by atoms with E-state index in [-0.39, 0.29) is 12.1 Å². The van der Waals surface area contributed by atoms with Crippen molar-refractivity contribution in [1.82, 2.24) is 14.9 Å². The molecule has 4 rings (SSSR count). The van der Waals surface area contributed by atoms with E-state index >= 15 is 0 Å². The van der Waals surface area contributed by atoms with Crippen LogP contribution in [0.2, 0.25) is 5.02 Å². The molecule has 2 amide bonds. The first-order valence-electron chi connectivity index (χ1n) is 9.05. The Hall–Kier alpha value is -3.05. The lowest BCUT2D eigenvalue weighted by molar-refractivity contribution is 0.190. The Morgan fingerprint density at radius 3 is 2.64 bits per heavy atom. The van der Waals surface area contributed by atoms with Crippen molar-refractivity contribution in [2.75, 3.05) is 42.6 Å². The Morgan fingerprint density at radius 2 is 1.96 bits per heavy atom. The number of amides is 2. The second-order valence-electron chi connectivity index (χ2n) is 6.75. The second kappa shape index (κ2) is 7.52. The van der Waals surface area contributed by atoms with Crippen molar-refractivity contribution in [2.45, 2.75) is 13.0 Å². The molecule has 1 aromatic carbocycles. The highest BCUT2D eigenvalue weighted by Crippen LogP contribution is 2.38. The summed E-state index contributed by atoms with van der Waals surface area (Å²) in [6, 6.07) is 6.82. The Kier molecular flexibility index (Phi) is 4.92. The number of piperazine rings is 1. The van der Waals surface area contributed by atoms with Gasteiger partial charge in [-0.25, -0.2) is 14.8 Å². The van der Waals surface area contributed by atoms with E-state index in [0.717, 1.165) is 0 Å². The summed E-state index contributed by atoms with van der Waals surface area (Å²) in [7, 11) is 0. The number of nitrogens with zero attached hydrogens (tertiary/aromatic N) is 6. The number of hydrogen-bond acceptors (Lipinski definition) is 6. The number of urea groups is 1. The molecule has 2 aliphatic heterocycles. The third-order valence-electron chi connectivity index (χ3n) is 4.94. The van der Waals surface area contributed by atoms with Gasteiger partial charge in [0.15, 0.2) is 0 Å². The van der Waals surface area contributed by atoms with Gasteiger partial charge in [0.2, 0.25) is 5.95 Å². The smallest absolute Gasteiger partial charge is 0.325 e. The molecule has 0 N–H and O–H groups in total. The van der Waals surface area contributed by atoms with E-state index in [1.54, 1.807) is 35.5 Å². The molecule has 1 atom stereocenters. The summed E-state index contributed by atoms with van der Waals surface area (Å²) in [5.74, 6) is 1.19. The SMILES string of the molecule is CC1COc2cc(Cl)c(C#N)cc2N1C(=O)N1CCN(c2ncccn2)CC1. The lowest BCUT2D eigenvalue weighted by atomic mass is 10.1. The molecule has 1 saturated heterocycles. The highest BCUT2D eigenvalue weighted by Gasteiger charge is 2.34. The molecule has 8 nitrogen and oxygen atoms in total. The molecule has 3 heterocycles. The highest BCUT2D eigenvalue weighted by atomic mass is 35.5. The number of rotatable bonds is 1. The summed E-state index contributed by atoms with van der Waals surface area (Å²) in [6.45, 7) is 4.75. The summed E-state index contributed by atoms with van der Waals surface area (Å²) in [6.07, 6.45) is 3.42. The van der Waals surface area contributed by atoms with Gasteiger partial charge >= 0.3 is 6.03 Å². The Balaban J connectivity index is 1.54. The number of fused-ring (bicyclic) bond motifs is 1. The topological polar surface area (TPSA) is 85.6 Å². The van der Waals surface area contributed by atoms with Crippen LogP contribution >= 0.6 is 11.6 Å². The van der Waals surface area contributed by atoms with Crippen molar-refractivity contribution in [2.24, 2.45) is 0 Å². The second-order valence-corrected chi connectivity index (χ2v) is 7.15. The van der Waals surface area contributed by atoms with Crippen LogP contribution in [-0.2, 0) is 0 Å². The van der Waals surface area contributed by atoms with Gasteiger partial charge in [0.05, 0.1) is 22.3 Å². The largest absolute Gasteiger partial charge is 0.489 e. The molecular weight excluding hydrogens is 380 g/mol. The van der Waals surface area contributed by atoms with Gasteiger partial charge in [-0.05, 0) is 19.1 Å². The van der Waals surface area contributed by atoms with Gasteiger partial charge in [0.1, 0.15) is 18.4 Å². The number of hydrogen-bond donors (Lipinski definition) is 0. The zero-order valence-electron chi connectivity index (χ0n) is 15.4. The van der Waals surface area contributed by atoms with Crippen molar-refractivity contribution < 1.29 is 9.53 Å². The van der Waals surface area contributed by atoms with Crippen LogP contribution in [0.4, 0.5) is 16.4 Å². The number of benzene rings is 1. The molecule has 0 bridgehead atoms. The third-order valence-corrected chi connectivity index (χ3v) is 5.25. The van der Waals surface area contributed by atoms with Crippen molar-refractivity contribution in [1.29, 1.82) is 5.26 Å². The van der Waals surface area contributed by atoms with Crippen molar-refractivity contribution in [3.63, 3.8) is 0 Å². The summed E-state index contributed by atoms with van der Waals surface area (Å²) >= 11 is 6.11. The van der Waals surface area contributed by atoms with Crippen LogP contribution in [-0.4, -0.2) is 59.7 Å². The fourth-order valence-electron chi connectivity index (χ4n) is 3.45. The number of nitriles is 1.